The van der Waals surface area contributed by atoms with Gasteiger partial charge in [-0.25, -0.2) is 9.78 Å². The summed E-state index contributed by atoms with van der Waals surface area (Å²) in [5.74, 6) is 0.0256. The summed E-state index contributed by atoms with van der Waals surface area (Å²) in [6.07, 6.45) is 4.68. The van der Waals surface area contributed by atoms with Crippen molar-refractivity contribution < 1.29 is 14.3 Å². The molecule has 1 heterocycles. The molecule has 6 heteroatoms. The highest BCUT2D eigenvalue weighted by atomic mass is 32.1. The third-order valence-corrected chi connectivity index (χ3v) is 4.77. The summed E-state index contributed by atoms with van der Waals surface area (Å²) >= 11 is 1.24. The number of nitrogens with one attached hydrogen (secondary N) is 1. The molecular formula is C15H22N2O3S. The minimum absolute atomic E-state index is 0.140. The highest BCUT2D eigenvalue weighted by molar-refractivity contribution is 7.17. The first-order valence-corrected chi connectivity index (χ1v) is 8.28. The van der Waals surface area contributed by atoms with E-state index in [9.17, 15) is 9.59 Å². The lowest BCUT2D eigenvalue weighted by molar-refractivity contribution is 0.0517. The molecule has 1 aliphatic rings. The second-order valence-corrected chi connectivity index (χ2v) is 6.59. The molecule has 1 saturated carbocycles. The van der Waals surface area contributed by atoms with Gasteiger partial charge in [0.25, 0.3) is 0 Å². The Labute approximate surface area is 129 Å². The number of hydrogen-bond donors (Lipinski definition) is 1. The Morgan fingerprint density at radius 2 is 2.19 bits per heavy atom. The van der Waals surface area contributed by atoms with Gasteiger partial charge in [-0.15, -0.1) is 0 Å². The van der Waals surface area contributed by atoms with Crippen LogP contribution in [0.4, 0.5) is 5.13 Å². The molecule has 2 rings (SSSR count). The smallest absolute Gasteiger partial charge is 0.358 e. The molecule has 116 valence electrons. The van der Waals surface area contributed by atoms with Crippen molar-refractivity contribution in [3.63, 3.8) is 0 Å². The van der Waals surface area contributed by atoms with Gasteiger partial charge in [-0.2, -0.15) is 0 Å². The predicted octanol–water partition coefficient (Wildman–Crippen LogP) is 3.51. The fourth-order valence-corrected chi connectivity index (χ4v) is 3.62. The van der Waals surface area contributed by atoms with Gasteiger partial charge < -0.3 is 10.1 Å². The Kier molecular flexibility index (Phi) is 5.33. The fraction of sp³-hybridized carbons (Fsp3) is 0.667. The summed E-state index contributed by atoms with van der Waals surface area (Å²) in [4.78, 5) is 28.2. The number of ether oxygens (including phenoxy) is 1. The standard InChI is InChI=1S/C15H22N2O3S/c1-4-20-14(19)12-13(10(3)18)21-15(17-12)16-11-7-5-6-9(2)8-11/h9,11H,4-8H2,1-3H3,(H,16,17). The van der Waals surface area contributed by atoms with Gasteiger partial charge in [-0.3, -0.25) is 4.79 Å². The summed E-state index contributed by atoms with van der Waals surface area (Å²) in [6.45, 7) is 5.71. The lowest BCUT2D eigenvalue weighted by atomic mass is 9.87. The van der Waals surface area contributed by atoms with Gasteiger partial charge in [0.1, 0.15) is 4.88 Å². The Balaban J connectivity index is 2.15. The quantitative estimate of drug-likeness (QED) is 0.666. The maximum Gasteiger partial charge on any atom is 0.358 e. The van der Waals surface area contributed by atoms with Gasteiger partial charge in [0.15, 0.2) is 16.6 Å². The minimum atomic E-state index is -0.524. The Hall–Kier alpha value is -1.43. The monoisotopic (exact) mass is 310 g/mol. The second kappa shape index (κ2) is 7.02. The number of aromatic nitrogens is 1. The summed E-state index contributed by atoms with van der Waals surface area (Å²) in [5, 5.41) is 4.01. The van der Waals surface area contributed by atoms with Crippen LogP contribution in [0.3, 0.4) is 0 Å². The zero-order chi connectivity index (χ0) is 15.4. The average molecular weight is 310 g/mol. The summed E-state index contributed by atoms with van der Waals surface area (Å²) < 4.78 is 4.96. The van der Waals surface area contributed by atoms with E-state index in [4.69, 9.17) is 4.74 Å². The van der Waals surface area contributed by atoms with E-state index >= 15 is 0 Å². The fourth-order valence-electron chi connectivity index (χ4n) is 2.70. The van der Waals surface area contributed by atoms with Crippen molar-refractivity contribution in [3.8, 4) is 0 Å². The largest absolute Gasteiger partial charge is 0.461 e. The number of esters is 1. The predicted molar refractivity (Wildman–Crippen MR) is 83.1 cm³/mol. The third kappa shape index (κ3) is 4.03. The SMILES string of the molecule is CCOC(=O)c1nc(NC2CCCC(C)C2)sc1C(C)=O. The van der Waals surface area contributed by atoms with Crippen molar-refractivity contribution in [1.82, 2.24) is 4.98 Å². The zero-order valence-electron chi connectivity index (χ0n) is 12.8. The highest BCUT2D eigenvalue weighted by Gasteiger charge is 2.25. The van der Waals surface area contributed by atoms with Crippen LogP contribution in [0, 0.1) is 5.92 Å². The Morgan fingerprint density at radius 3 is 2.81 bits per heavy atom. The van der Waals surface area contributed by atoms with Crippen molar-refractivity contribution in [2.45, 2.75) is 52.5 Å². The van der Waals surface area contributed by atoms with E-state index in [0.29, 0.717) is 22.0 Å². The maximum absolute atomic E-state index is 11.9. The van der Waals surface area contributed by atoms with Crippen molar-refractivity contribution >= 4 is 28.2 Å². The van der Waals surface area contributed by atoms with Crippen LogP contribution in [0.1, 0.15) is 66.6 Å². The molecule has 5 nitrogen and oxygen atoms in total. The number of rotatable bonds is 5. The molecule has 1 N–H and O–H groups in total. The van der Waals surface area contributed by atoms with Gasteiger partial charge in [-0.1, -0.05) is 31.1 Å². The van der Waals surface area contributed by atoms with E-state index in [2.05, 4.69) is 17.2 Å². The lowest BCUT2D eigenvalue weighted by Crippen LogP contribution is -2.26. The molecule has 0 saturated heterocycles. The van der Waals surface area contributed by atoms with E-state index in [1.807, 2.05) is 0 Å². The van der Waals surface area contributed by atoms with Gasteiger partial charge in [0.05, 0.1) is 6.61 Å². The number of carbonyl (C=O) groups excluding carboxylic acids is 2. The molecule has 1 aliphatic carbocycles. The Bertz CT molecular complexity index is 527. The molecule has 0 aromatic carbocycles. The third-order valence-electron chi connectivity index (χ3n) is 3.68. The number of carbonyl (C=O) groups is 2. The zero-order valence-corrected chi connectivity index (χ0v) is 13.6. The molecular weight excluding hydrogens is 288 g/mol. The van der Waals surface area contributed by atoms with Crippen molar-refractivity contribution in [2.24, 2.45) is 5.92 Å². The molecule has 0 aliphatic heterocycles. The lowest BCUT2D eigenvalue weighted by Gasteiger charge is -2.27. The van der Waals surface area contributed by atoms with Crippen LogP contribution in [-0.4, -0.2) is 29.4 Å². The molecule has 2 atom stereocenters. The van der Waals surface area contributed by atoms with E-state index in [1.54, 1.807) is 6.92 Å². The van der Waals surface area contributed by atoms with E-state index < -0.39 is 5.97 Å². The van der Waals surface area contributed by atoms with E-state index in [1.165, 1.54) is 31.1 Å². The second-order valence-electron chi connectivity index (χ2n) is 5.59. The van der Waals surface area contributed by atoms with Crippen LogP contribution in [-0.2, 0) is 4.74 Å². The highest BCUT2D eigenvalue weighted by Crippen LogP contribution is 2.29. The molecule has 0 spiro atoms. The topological polar surface area (TPSA) is 68.3 Å². The average Bonchev–Trinajstić information content (AvgIpc) is 2.83. The number of anilines is 1. The number of nitrogens with zero attached hydrogens (tertiary/aromatic N) is 1. The molecule has 1 aromatic heterocycles. The van der Waals surface area contributed by atoms with Crippen LogP contribution in [0.15, 0.2) is 0 Å². The van der Waals surface area contributed by atoms with Gasteiger partial charge in [0.2, 0.25) is 0 Å². The van der Waals surface area contributed by atoms with Crippen molar-refractivity contribution in [1.29, 1.82) is 0 Å². The minimum Gasteiger partial charge on any atom is -0.461 e. The molecule has 1 fully saturated rings. The van der Waals surface area contributed by atoms with Crippen molar-refractivity contribution in [3.05, 3.63) is 10.6 Å². The molecule has 0 amide bonds. The maximum atomic E-state index is 11.9. The first-order valence-electron chi connectivity index (χ1n) is 7.46. The van der Waals surface area contributed by atoms with Crippen LogP contribution >= 0.6 is 11.3 Å². The van der Waals surface area contributed by atoms with E-state index in [-0.39, 0.29) is 18.1 Å². The van der Waals surface area contributed by atoms with Crippen LogP contribution < -0.4 is 5.32 Å². The van der Waals surface area contributed by atoms with Crippen LogP contribution in [0.2, 0.25) is 0 Å². The van der Waals surface area contributed by atoms with Crippen molar-refractivity contribution in [2.75, 3.05) is 11.9 Å². The first kappa shape index (κ1) is 15.9. The molecule has 21 heavy (non-hydrogen) atoms. The number of hydrogen-bond acceptors (Lipinski definition) is 6. The number of ketones is 1. The summed E-state index contributed by atoms with van der Waals surface area (Å²) in [6, 6.07) is 0.370. The van der Waals surface area contributed by atoms with Crippen LogP contribution in [0.25, 0.3) is 0 Å². The molecule has 0 radical (unpaired) electrons. The number of thiazole rings is 1. The summed E-state index contributed by atoms with van der Waals surface area (Å²) in [5.41, 5.74) is 0.140. The number of Topliss-reactive ketones (excluding diaryl/α,β-unsaturated/α-hetero) is 1. The van der Waals surface area contributed by atoms with Gasteiger partial charge in [0, 0.05) is 13.0 Å². The molecule has 0 bridgehead atoms. The van der Waals surface area contributed by atoms with E-state index in [0.717, 1.165) is 12.8 Å². The van der Waals surface area contributed by atoms with Crippen LogP contribution in [0.5, 0.6) is 0 Å². The normalized spacial score (nSPS) is 21.9. The Morgan fingerprint density at radius 1 is 1.43 bits per heavy atom. The molecule has 2 unspecified atom stereocenters. The van der Waals surface area contributed by atoms with Gasteiger partial charge in [-0.05, 0) is 25.7 Å². The molecule has 1 aromatic rings. The van der Waals surface area contributed by atoms with Gasteiger partial charge >= 0.3 is 5.97 Å². The first-order chi connectivity index (χ1) is 10.0. The summed E-state index contributed by atoms with van der Waals surface area (Å²) in [7, 11) is 0.